The highest BCUT2D eigenvalue weighted by Gasteiger charge is 2.15. The summed E-state index contributed by atoms with van der Waals surface area (Å²) in [7, 11) is 0. The molecular weight excluding hydrogens is 537 g/mol. The Labute approximate surface area is 232 Å². The Bertz CT molecular complexity index is 1770. The molecule has 6 aromatic rings. The minimum Gasteiger partial charge on any atom is -0.457 e. The van der Waals surface area contributed by atoms with Gasteiger partial charge in [0.15, 0.2) is 12.4 Å². The van der Waals surface area contributed by atoms with E-state index in [4.69, 9.17) is 32.4 Å². The molecule has 0 saturated carbocycles. The molecule has 0 aliphatic rings. The lowest BCUT2D eigenvalue weighted by Crippen LogP contribution is -2.14. The van der Waals surface area contributed by atoms with Crippen LogP contribution < -0.4 is 5.32 Å². The number of furan rings is 1. The van der Waals surface area contributed by atoms with Gasteiger partial charge in [-0.05, 0) is 81.2 Å². The molecule has 2 N–H and O–H groups in total. The van der Waals surface area contributed by atoms with E-state index in [1.807, 2.05) is 78.9 Å². The van der Waals surface area contributed by atoms with Crippen LogP contribution in [0.5, 0.6) is 0 Å². The van der Waals surface area contributed by atoms with Crippen molar-refractivity contribution in [1.29, 1.82) is 0 Å². The van der Waals surface area contributed by atoms with Gasteiger partial charge in [-0.25, -0.2) is 9.89 Å². The number of benzene rings is 4. The first kappa shape index (κ1) is 24.7. The van der Waals surface area contributed by atoms with Crippen molar-refractivity contribution in [3.8, 4) is 33.6 Å². The SMILES string of the molecule is O=C(Nc1ccc(-c2ccccc2)cc1-c1nnn[nH]1)OCc1cc2cc(-c3cc(Cl)cc(Cl)c3)ccc2o1. The smallest absolute Gasteiger partial charge is 0.412 e. The Balaban J connectivity index is 1.18. The molecule has 0 unspecified atom stereocenters. The van der Waals surface area contributed by atoms with Crippen LogP contribution in [0.2, 0.25) is 10.0 Å². The Hall–Kier alpha value is -4.66. The molecule has 0 fully saturated rings. The van der Waals surface area contributed by atoms with E-state index in [1.54, 1.807) is 12.1 Å². The Kier molecular flexibility index (Phi) is 6.71. The Morgan fingerprint density at radius 1 is 0.846 bits per heavy atom. The van der Waals surface area contributed by atoms with Crippen LogP contribution in [-0.4, -0.2) is 26.7 Å². The van der Waals surface area contributed by atoms with E-state index in [1.165, 1.54) is 0 Å². The number of fused-ring (bicyclic) bond motifs is 1. The third-order valence-electron chi connectivity index (χ3n) is 6.07. The second-order valence-electron chi connectivity index (χ2n) is 8.70. The summed E-state index contributed by atoms with van der Waals surface area (Å²) in [4.78, 5) is 12.7. The monoisotopic (exact) mass is 555 g/mol. The van der Waals surface area contributed by atoms with Crippen LogP contribution in [-0.2, 0) is 11.3 Å². The number of aromatic nitrogens is 4. The molecule has 2 heterocycles. The number of amides is 1. The summed E-state index contributed by atoms with van der Waals surface area (Å²) in [5.74, 6) is 0.915. The third-order valence-corrected chi connectivity index (χ3v) is 6.51. The highest BCUT2D eigenvalue weighted by atomic mass is 35.5. The zero-order valence-corrected chi connectivity index (χ0v) is 21.7. The van der Waals surface area contributed by atoms with Crippen molar-refractivity contribution in [2.75, 3.05) is 5.32 Å². The summed E-state index contributed by atoms with van der Waals surface area (Å²) in [6, 6.07) is 28.4. The van der Waals surface area contributed by atoms with Gasteiger partial charge in [0.25, 0.3) is 0 Å². The van der Waals surface area contributed by atoms with Gasteiger partial charge in [-0.15, -0.1) is 5.10 Å². The average Bonchev–Trinajstić information content (AvgIpc) is 3.62. The average molecular weight is 556 g/mol. The molecule has 0 bridgehead atoms. The predicted octanol–water partition coefficient (Wildman–Crippen LogP) is 8.00. The van der Waals surface area contributed by atoms with Gasteiger partial charge in [-0.3, -0.25) is 5.32 Å². The van der Waals surface area contributed by atoms with Gasteiger partial charge < -0.3 is 9.15 Å². The summed E-state index contributed by atoms with van der Waals surface area (Å²) in [6.07, 6.45) is -0.647. The van der Waals surface area contributed by atoms with Crippen LogP contribution in [0.25, 0.3) is 44.6 Å². The molecule has 6 rings (SSSR count). The third kappa shape index (κ3) is 5.47. The highest BCUT2D eigenvalue weighted by Crippen LogP contribution is 2.32. The summed E-state index contributed by atoms with van der Waals surface area (Å²) in [5, 5.41) is 18.8. The first-order valence-corrected chi connectivity index (χ1v) is 12.6. The van der Waals surface area contributed by atoms with Crippen LogP contribution in [0.1, 0.15) is 5.76 Å². The number of H-pyrrole nitrogens is 1. The first-order chi connectivity index (χ1) is 19.0. The fourth-order valence-electron chi connectivity index (χ4n) is 4.28. The van der Waals surface area contributed by atoms with Crippen molar-refractivity contribution in [1.82, 2.24) is 20.6 Å². The number of rotatable bonds is 6. The van der Waals surface area contributed by atoms with Gasteiger partial charge in [0.1, 0.15) is 11.3 Å². The number of carbonyl (C=O) groups excluding carboxylic acids is 1. The van der Waals surface area contributed by atoms with Crippen LogP contribution in [0, 0.1) is 0 Å². The van der Waals surface area contributed by atoms with Crippen LogP contribution in [0.15, 0.2) is 95.4 Å². The van der Waals surface area contributed by atoms with Crippen molar-refractivity contribution in [2.45, 2.75) is 6.61 Å². The summed E-state index contributed by atoms with van der Waals surface area (Å²) in [5.41, 5.74) is 5.58. The predicted molar refractivity (Wildman–Crippen MR) is 151 cm³/mol. The van der Waals surface area contributed by atoms with Gasteiger partial charge in [0.2, 0.25) is 0 Å². The molecule has 0 saturated heterocycles. The molecule has 1 amide bonds. The van der Waals surface area contributed by atoms with E-state index in [9.17, 15) is 4.79 Å². The molecule has 0 atom stereocenters. The van der Waals surface area contributed by atoms with Crippen molar-refractivity contribution >= 4 is 46.0 Å². The Morgan fingerprint density at radius 2 is 1.62 bits per heavy atom. The van der Waals surface area contributed by atoms with Gasteiger partial charge in [0, 0.05) is 21.0 Å². The second kappa shape index (κ2) is 10.6. The lowest BCUT2D eigenvalue weighted by Gasteiger charge is -2.11. The maximum atomic E-state index is 12.7. The summed E-state index contributed by atoms with van der Waals surface area (Å²) < 4.78 is 11.3. The first-order valence-electron chi connectivity index (χ1n) is 11.9. The van der Waals surface area contributed by atoms with Crippen LogP contribution in [0.3, 0.4) is 0 Å². The molecule has 0 radical (unpaired) electrons. The fourth-order valence-corrected chi connectivity index (χ4v) is 4.81. The normalized spacial score (nSPS) is 11.0. The largest absolute Gasteiger partial charge is 0.457 e. The van der Waals surface area contributed by atoms with Crippen LogP contribution in [0.4, 0.5) is 10.5 Å². The topological polar surface area (TPSA) is 106 Å². The lowest BCUT2D eigenvalue weighted by molar-refractivity contribution is 0.147. The summed E-state index contributed by atoms with van der Waals surface area (Å²) in [6.45, 7) is -0.0554. The molecule has 0 aliphatic carbocycles. The summed E-state index contributed by atoms with van der Waals surface area (Å²) >= 11 is 12.3. The van der Waals surface area contributed by atoms with Crippen molar-refractivity contribution in [3.05, 3.63) is 107 Å². The van der Waals surface area contributed by atoms with E-state index < -0.39 is 6.09 Å². The number of hydrogen-bond donors (Lipinski definition) is 2. The molecule has 8 nitrogen and oxygen atoms in total. The van der Waals surface area contributed by atoms with Gasteiger partial charge in [-0.1, -0.05) is 65.7 Å². The standard InChI is InChI=1S/C29H19Cl2N5O3/c30-22-11-20(12-23(31)15-22)18-7-9-27-21(10-18)13-24(39-27)16-38-29(37)32-26-8-6-19(17-4-2-1-3-5-17)14-25(26)28-33-35-36-34-28/h1-15H,16H2,(H,32,37)(H,33,34,35,36). The minimum atomic E-state index is -0.647. The van der Waals surface area contributed by atoms with Gasteiger partial charge in [0.05, 0.1) is 5.69 Å². The molecule has 192 valence electrons. The van der Waals surface area contributed by atoms with E-state index in [0.717, 1.165) is 27.6 Å². The van der Waals surface area contributed by atoms with Gasteiger partial charge in [-0.2, -0.15) is 0 Å². The van der Waals surface area contributed by atoms with E-state index in [-0.39, 0.29) is 6.61 Å². The zero-order chi connectivity index (χ0) is 26.8. The number of nitrogens with zero attached hydrogens (tertiary/aromatic N) is 3. The molecule has 0 spiro atoms. The van der Waals surface area contributed by atoms with Gasteiger partial charge >= 0.3 is 6.09 Å². The maximum absolute atomic E-state index is 12.7. The number of carbonyl (C=O) groups is 1. The van der Waals surface area contributed by atoms with Crippen LogP contribution >= 0.6 is 23.2 Å². The quantitative estimate of drug-likeness (QED) is 0.215. The molecule has 4 aromatic carbocycles. The lowest BCUT2D eigenvalue weighted by atomic mass is 10.0. The molecule has 2 aromatic heterocycles. The fraction of sp³-hybridized carbons (Fsp3) is 0.0345. The van der Waals surface area contributed by atoms with E-state index in [2.05, 4.69) is 25.9 Å². The molecule has 39 heavy (non-hydrogen) atoms. The number of ether oxygens (including phenoxy) is 1. The molecule has 0 aliphatic heterocycles. The highest BCUT2D eigenvalue weighted by molar-refractivity contribution is 6.35. The number of nitrogens with one attached hydrogen (secondary N) is 2. The number of tetrazole rings is 1. The van der Waals surface area contributed by atoms with Crippen molar-refractivity contribution in [3.63, 3.8) is 0 Å². The number of anilines is 1. The number of aromatic amines is 1. The number of halogens is 2. The molecular formula is C29H19Cl2N5O3. The Morgan fingerprint density at radius 3 is 2.38 bits per heavy atom. The van der Waals surface area contributed by atoms with E-state index in [0.29, 0.717) is 38.5 Å². The minimum absolute atomic E-state index is 0.0554. The van der Waals surface area contributed by atoms with Crippen molar-refractivity contribution in [2.24, 2.45) is 0 Å². The van der Waals surface area contributed by atoms with Crippen molar-refractivity contribution < 1.29 is 13.9 Å². The van der Waals surface area contributed by atoms with E-state index >= 15 is 0 Å². The zero-order valence-electron chi connectivity index (χ0n) is 20.2. The number of hydrogen-bond acceptors (Lipinski definition) is 6. The second-order valence-corrected chi connectivity index (χ2v) is 9.57. The maximum Gasteiger partial charge on any atom is 0.412 e. The molecule has 10 heteroatoms.